The van der Waals surface area contributed by atoms with E-state index >= 15 is 0 Å². The van der Waals surface area contributed by atoms with Crippen molar-refractivity contribution in [1.29, 1.82) is 0 Å². The maximum Gasteiger partial charge on any atom is 0.223 e. The minimum absolute atomic E-state index is 0.0936. The van der Waals surface area contributed by atoms with E-state index in [0.717, 1.165) is 17.1 Å². The quantitative estimate of drug-likeness (QED) is 0.830. The highest BCUT2D eigenvalue weighted by Crippen LogP contribution is 2.08. The molecule has 1 aromatic heterocycles. The van der Waals surface area contributed by atoms with E-state index in [9.17, 15) is 4.79 Å². The van der Waals surface area contributed by atoms with Gasteiger partial charge in [-0.15, -0.1) is 11.3 Å². The second-order valence-corrected chi connectivity index (χ2v) is 4.35. The molecule has 0 radical (unpaired) electrons. The van der Waals surface area contributed by atoms with Crippen LogP contribution < -0.4 is 5.32 Å². The Hall–Kier alpha value is -0.900. The Balaban J connectivity index is 2.37. The molecule has 1 heterocycles. The van der Waals surface area contributed by atoms with Gasteiger partial charge < -0.3 is 5.32 Å². The Morgan fingerprint density at radius 1 is 1.71 bits per heavy atom. The first-order valence-corrected chi connectivity index (χ1v) is 5.70. The van der Waals surface area contributed by atoms with E-state index < -0.39 is 0 Å². The summed E-state index contributed by atoms with van der Waals surface area (Å²) in [5.74, 6) is 0.205. The summed E-state index contributed by atoms with van der Waals surface area (Å²) in [5, 5.41) is 5.83. The lowest BCUT2D eigenvalue weighted by atomic mass is 10.1. The van der Waals surface area contributed by atoms with Crippen molar-refractivity contribution in [2.75, 3.05) is 0 Å². The molecule has 1 aromatic rings. The van der Waals surface area contributed by atoms with Gasteiger partial charge in [0.2, 0.25) is 5.91 Å². The number of aryl methyl sites for hydroxylation is 1. The fraction of sp³-hybridized carbons (Fsp3) is 0.600. The first-order chi connectivity index (χ1) is 6.63. The van der Waals surface area contributed by atoms with E-state index in [-0.39, 0.29) is 11.8 Å². The summed E-state index contributed by atoms with van der Waals surface area (Å²) >= 11 is 1.59. The van der Waals surface area contributed by atoms with E-state index in [1.54, 1.807) is 11.3 Å². The van der Waals surface area contributed by atoms with Crippen LogP contribution in [0.5, 0.6) is 0 Å². The minimum atomic E-state index is 0.0936. The fourth-order valence-electron chi connectivity index (χ4n) is 1.01. The summed E-state index contributed by atoms with van der Waals surface area (Å²) in [6.07, 6.45) is 0.878. The van der Waals surface area contributed by atoms with Gasteiger partial charge in [0.15, 0.2) is 0 Å². The number of nitrogens with one attached hydrogen (secondary N) is 1. The summed E-state index contributed by atoms with van der Waals surface area (Å²) in [5.41, 5.74) is 1.02. The molecule has 78 valence electrons. The van der Waals surface area contributed by atoms with Gasteiger partial charge in [0, 0.05) is 17.0 Å². The largest absolute Gasteiger partial charge is 0.349 e. The lowest BCUT2D eigenvalue weighted by Crippen LogP contribution is -2.28. The molecule has 14 heavy (non-hydrogen) atoms. The number of rotatable bonds is 4. The average Bonchev–Trinajstić information content (AvgIpc) is 2.59. The molecular weight excluding hydrogens is 196 g/mol. The highest BCUT2D eigenvalue weighted by molar-refractivity contribution is 7.09. The summed E-state index contributed by atoms with van der Waals surface area (Å²) in [6.45, 7) is 6.46. The average molecular weight is 212 g/mol. The smallest absolute Gasteiger partial charge is 0.223 e. The third-order valence-corrected chi connectivity index (χ3v) is 3.11. The summed E-state index contributed by atoms with van der Waals surface area (Å²) in [7, 11) is 0. The van der Waals surface area contributed by atoms with Gasteiger partial charge in [-0.3, -0.25) is 4.79 Å². The molecule has 0 spiro atoms. The number of nitrogens with zero attached hydrogens (tertiary/aromatic N) is 1. The van der Waals surface area contributed by atoms with Crippen molar-refractivity contribution in [3.05, 3.63) is 16.1 Å². The topological polar surface area (TPSA) is 42.0 Å². The van der Waals surface area contributed by atoms with Crippen molar-refractivity contribution in [2.24, 2.45) is 5.92 Å². The second-order valence-electron chi connectivity index (χ2n) is 3.41. The molecular formula is C10H16N2OS. The van der Waals surface area contributed by atoms with Crippen molar-refractivity contribution < 1.29 is 4.79 Å². The van der Waals surface area contributed by atoms with Crippen LogP contribution in [0.1, 0.15) is 31.0 Å². The molecule has 0 saturated carbocycles. The monoisotopic (exact) mass is 212 g/mol. The zero-order valence-corrected chi connectivity index (χ0v) is 9.65. The summed E-state index contributed by atoms with van der Waals surface area (Å²) in [4.78, 5) is 15.7. The van der Waals surface area contributed by atoms with Gasteiger partial charge >= 0.3 is 0 Å². The maximum atomic E-state index is 11.4. The van der Waals surface area contributed by atoms with Gasteiger partial charge in [0.1, 0.15) is 5.01 Å². The molecule has 0 aliphatic heterocycles. The predicted molar refractivity (Wildman–Crippen MR) is 58.2 cm³/mol. The second kappa shape index (κ2) is 5.10. The molecule has 0 saturated heterocycles. The third kappa shape index (κ3) is 3.10. The standard InChI is InChI=1S/C10H16N2OS/c1-4-7(2)10(13)11-5-9-12-8(3)6-14-9/h6-7H,4-5H2,1-3H3,(H,11,13). The van der Waals surface area contributed by atoms with E-state index in [0.29, 0.717) is 6.54 Å². The molecule has 0 aromatic carbocycles. The van der Waals surface area contributed by atoms with Crippen molar-refractivity contribution in [3.8, 4) is 0 Å². The van der Waals surface area contributed by atoms with Gasteiger partial charge in [-0.1, -0.05) is 13.8 Å². The number of hydrogen-bond acceptors (Lipinski definition) is 3. The number of carbonyl (C=O) groups is 1. The lowest BCUT2D eigenvalue weighted by Gasteiger charge is -2.07. The molecule has 0 aliphatic carbocycles. The first-order valence-electron chi connectivity index (χ1n) is 4.82. The summed E-state index contributed by atoms with van der Waals surface area (Å²) in [6, 6.07) is 0. The number of thiazole rings is 1. The van der Waals surface area contributed by atoms with Crippen molar-refractivity contribution in [3.63, 3.8) is 0 Å². The van der Waals surface area contributed by atoms with Crippen molar-refractivity contribution in [2.45, 2.75) is 33.7 Å². The lowest BCUT2D eigenvalue weighted by molar-refractivity contribution is -0.124. The maximum absolute atomic E-state index is 11.4. The zero-order chi connectivity index (χ0) is 10.6. The fourth-order valence-corrected chi connectivity index (χ4v) is 1.72. The van der Waals surface area contributed by atoms with Crippen LogP contribution in [0.15, 0.2) is 5.38 Å². The number of aromatic nitrogens is 1. The first kappa shape index (κ1) is 11.2. The number of amides is 1. The Morgan fingerprint density at radius 2 is 2.43 bits per heavy atom. The molecule has 0 aliphatic rings. The van der Waals surface area contributed by atoms with E-state index in [1.165, 1.54) is 0 Å². The highest BCUT2D eigenvalue weighted by atomic mass is 32.1. The van der Waals surface area contributed by atoms with Crippen LogP contribution >= 0.6 is 11.3 Å². The van der Waals surface area contributed by atoms with Crippen LogP contribution in [0.3, 0.4) is 0 Å². The van der Waals surface area contributed by atoms with Crippen molar-refractivity contribution >= 4 is 17.2 Å². The third-order valence-electron chi connectivity index (χ3n) is 2.14. The van der Waals surface area contributed by atoms with Crippen LogP contribution in [-0.2, 0) is 11.3 Å². The van der Waals surface area contributed by atoms with Crippen LogP contribution in [-0.4, -0.2) is 10.9 Å². The van der Waals surface area contributed by atoms with E-state index in [4.69, 9.17) is 0 Å². The molecule has 1 amide bonds. The molecule has 4 heteroatoms. The Bertz CT molecular complexity index is 309. The van der Waals surface area contributed by atoms with Gasteiger partial charge in [0.05, 0.1) is 6.54 Å². The Labute approximate surface area is 88.6 Å². The SMILES string of the molecule is CCC(C)C(=O)NCc1nc(C)cs1. The number of hydrogen-bond donors (Lipinski definition) is 1. The Morgan fingerprint density at radius 3 is 2.93 bits per heavy atom. The Kier molecular flexibility index (Phi) is 4.07. The van der Waals surface area contributed by atoms with E-state index in [2.05, 4.69) is 10.3 Å². The molecule has 3 nitrogen and oxygen atoms in total. The van der Waals surface area contributed by atoms with Crippen LogP contribution in [0.2, 0.25) is 0 Å². The van der Waals surface area contributed by atoms with Gasteiger partial charge in [-0.25, -0.2) is 4.98 Å². The molecule has 0 fully saturated rings. The van der Waals surface area contributed by atoms with Crippen LogP contribution in [0.4, 0.5) is 0 Å². The van der Waals surface area contributed by atoms with E-state index in [1.807, 2.05) is 26.2 Å². The molecule has 1 N–H and O–H groups in total. The van der Waals surface area contributed by atoms with Gasteiger partial charge in [-0.2, -0.15) is 0 Å². The van der Waals surface area contributed by atoms with Gasteiger partial charge in [0.25, 0.3) is 0 Å². The zero-order valence-electron chi connectivity index (χ0n) is 8.83. The predicted octanol–water partition coefficient (Wildman–Crippen LogP) is 2.11. The normalized spacial score (nSPS) is 12.5. The minimum Gasteiger partial charge on any atom is -0.349 e. The highest BCUT2D eigenvalue weighted by Gasteiger charge is 2.10. The van der Waals surface area contributed by atoms with Crippen LogP contribution in [0.25, 0.3) is 0 Å². The molecule has 1 rings (SSSR count). The van der Waals surface area contributed by atoms with Crippen molar-refractivity contribution in [1.82, 2.24) is 10.3 Å². The summed E-state index contributed by atoms with van der Waals surface area (Å²) < 4.78 is 0. The number of carbonyl (C=O) groups excluding carboxylic acids is 1. The van der Waals surface area contributed by atoms with Crippen LogP contribution in [0, 0.1) is 12.8 Å². The molecule has 1 atom stereocenters. The van der Waals surface area contributed by atoms with Gasteiger partial charge in [-0.05, 0) is 13.3 Å². The molecule has 1 unspecified atom stereocenters. The molecule has 0 bridgehead atoms.